The number of benzene rings is 1. The molecule has 1 aromatic carbocycles. The van der Waals surface area contributed by atoms with Gasteiger partial charge in [-0.3, -0.25) is 4.79 Å². The predicted octanol–water partition coefficient (Wildman–Crippen LogP) is 4.40. The number of nitriles is 1. The number of anilines is 1. The topological polar surface area (TPSA) is 65.8 Å². The number of carbonyl (C=O) groups excluding carboxylic acids is 1. The Bertz CT molecular complexity index is 709. The van der Waals surface area contributed by atoms with Crippen molar-refractivity contribution in [2.75, 3.05) is 11.1 Å². The Morgan fingerprint density at radius 3 is 3.00 bits per heavy atom. The monoisotopic (exact) mass is 395 g/mol. The van der Waals surface area contributed by atoms with E-state index >= 15 is 0 Å². The molecule has 0 aliphatic carbocycles. The number of carbonyl (C=O) groups is 1. The summed E-state index contributed by atoms with van der Waals surface area (Å²) >= 11 is 6.34. The van der Waals surface area contributed by atoms with Gasteiger partial charge < -0.3 is 5.32 Å². The smallest absolute Gasteiger partial charge is 0.226 e. The van der Waals surface area contributed by atoms with Crippen LogP contribution in [0.25, 0.3) is 0 Å². The second-order valence-electron chi connectivity index (χ2n) is 4.48. The van der Waals surface area contributed by atoms with Crippen molar-refractivity contribution < 1.29 is 4.79 Å². The van der Waals surface area contributed by atoms with Crippen LogP contribution < -0.4 is 5.32 Å². The van der Waals surface area contributed by atoms with Crippen LogP contribution in [0.4, 0.5) is 5.13 Å². The molecule has 22 heavy (non-hydrogen) atoms. The van der Waals surface area contributed by atoms with Crippen molar-refractivity contribution >= 4 is 50.1 Å². The summed E-state index contributed by atoms with van der Waals surface area (Å²) < 4.78 is 1.99. The van der Waals surface area contributed by atoms with Gasteiger partial charge in [0, 0.05) is 10.9 Å². The van der Waals surface area contributed by atoms with E-state index in [2.05, 4.69) is 32.3 Å². The Labute approximate surface area is 146 Å². The molecule has 2 rings (SSSR count). The van der Waals surface area contributed by atoms with Gasteiger partial charge in [0.1, 0.15) is 0 Å². The SMILES string of the molecule is Cc1nc(NC(=O)CCc2ccccc2Br)sc1SCC#N. The Morgan fingerprint density at radius 1 is 1.50 bits per heavy atom. The minimum atomic E-state index is -0.0543. The number of rotatable bonds is 6. The van der Waals surface area contributed by atoms with Crippen molar-refractivity contribution in [2.45, 2.75) is 24.0 Å². The van der Waals surface area contributed by atoms with Gasteiger partial charge in [-0.25, -0.2) is 4.98 Å². The predicted molar refractivity (Wildman–Crippen MR) is 94.3 cm³/mol. The van der Waals surface area contributed by atoms with Crippen LogP contribution in [0, 0.1) is 18.3 Å². The van der Waals surface area contributed by atoms with E-state index in [4.69, 9.17) is 5.26 Å². The lowest BCUT2D eigenvalue weighted by Crippen LogP contribution is -2.12. The third kappa shape index (κ3) is 4.83. The van der Waals surface area contributed by atoms with Crippen LogP contribution in [0.3, 0.4) is 0 Å². The maximum atomic E-state index is 12.0. The van der Waals surface area contributed by atoms with E-state index in [9.17, 15) is 4.79 Å². The number of aromatic nitrogens is 1. The molecule has 4 nitrogen and oxygen atoms in total. The van der Waals surface area contributed by atoms with Crippen LogP contribution in [0.5, 0.6) is 0 Å². The third-order valence-corrected chi connectivity index (χ3v) is 5.92. The Kier molecular flexibility index (Phi) is 6.43. The second-order valence-corrected chi connectivity index (χ2v) is 7.58. The molecule has 0 spiro atoms. The molecule has 7 heteroatoms. The fourth-order valence-corrected chi connectivity index (χ4v) is 4.10. The van der Waals surface area contributed by atoms with E-state index in [-0.39, 0.29) is 5.91 Å². The van der Waals surface area contributed by atoms with E-state index in [1.807, 2.05) is 31.2 Å². The molecule has 2 aromatic rings. The fourth-order valence-electron chi connectivity index (χ4n) is 1.80. The number of halogens is 1. The molecule has 0 radical (unpaired) electrons. The van der Waals surface area contributed by atoms with Gasteiger partial charge >= 0.3 is 0 Å². The van der Waals surface area contributed by atoms with Gasteiger partial charge in [-0.15, -0.1) is 0 Å². The highest BCUT2D eigenvalue weighted by Crippen LogP contribution is 2.31. The molecule has 0 unspecified atom stereocenters. The van der Waals surface area contributed by atoms with Crippen LogP contribution >= 0.6 is 39.0 Å². The molecule has 0 aliphatic rings. The van der Waals surface area contributed by atoms with E-state index in [0.29, 0.717) is 23.7 Å². The molecule has 1 N–H and O–H groups in total. The van der Waals surface area contributed by atoms with E-state index in [1.54, 1.807) is 0 Å². The van der Waals surface area contributed by atoms with Gasteiger partial charge in [0.05, 0.1) is 21.7 Å². The lowest BCUT2D eigenvalue weighted by molar-refractivity contribution is -0.116. The largest absolute Gasteiger partial charge is 0.302 e. The zero-order valence-electron chi connectivity index (χ0n) is 11.9. The van der Waals surface area contributed by atoms with Gasteiger partial charge in [0.15, 0.2) is 5.13 Å². The number of thiazole rings is 1. The van der Waals surface area contributed by atoms with Crippen molar-refractivity contribution in [1.82, 2.24) is 4.98 Å². The molecule has 114 valence electrons. The summed E-state index contributed by atoms with van der Waals surface area (Å²) in [6.07, 6.45) is 1.08. The number of amides is 1. The molecular weight excluding hydrogens is 382 g/mol. The summed E-state index contributed by atoms with van der Waals surface area (Å²) in [5.41, 5.74) is 1.96. The average molecular weight is 396 g/mol. The van der Waals surface area contributed by atoms with Crippen molar-refractivity contribution in [1.29, 1.82) is 5.26 Å². The highest BCUT2D eigenvalue weighted by Gasteiger charge is 2.11. The van der Waals surface area contributed by atoms with Crippen LogP contribution in [0.15, 0.2) is 32.9 Å². The lowest BCUT2D eigenvalue weighted by atomic mass is 10.1. The molecule has 1 heterocycles. The minimum Gasteiger partial charge on any atom is -0.302 e. The third-order valence-electron chi connectivity index (χ3n) is 2.85. The molecule has 0 saturated heterocycles. The molecule has 0 atom stereocenters. The van der Waals surface area contributed by atoms with Crippen molar-refractivity contribution in [3.63, 3.8) is 0 Å². The summed E-state index contributed by atoms with van der Waals surface area (Å²) in [7, 11) is 0. The first-order valence-electron chi connectivity index (χ1n) is 6.60. The number of nitrogens with one attached hydrogen (secondary N) is 1. The number of aryl methyl sites for hydroxylation is 2. The van der Waals surface area contributed by atoms with Crippen LogP contribution in [-0.2, 0) is 11.2 Å². The van der Waals surface area contributed by atoms with Crippen LogP contribution in [0.2, 0.25) is 0 Å². The van der Waals surface area contributed by atoms with Gasteiger partial charge in [0.25, 0.3) is 0 Å². The van der Waals surface area contributed by atoms with Gasteiger partial charge in [-0.05, 0) is 25.0 Å². The van der Waals surface area contributed by atoms with Crippen molar-refractivity contribution in [3.05, 3.63) is 40.0 Å². The Hall–Kier alpha value is -1.36. The second kappa shape index (κ2) is 8.32. The number of hydrogen-bond acceptors (Lipinski definition) is 5. The first kappa shape index (κ1) is 17.0. The molecule has 0 bridgehead atoms. The fraction of sp³-hybridized carbons (Fsp3) is 0.267. The van der Waals surface area contributed by atoms with Gasteiger partial charge in [-0.2, -0.15) is 5.26 Å². The van der Waals surface area contributed by atoms with Crippen LogP contribution in [-0.4, -0.2) is 16.6 Å². The lowest BCUT2D eigenvalue weighted by Gasteiger charge is -2.04. The molecular formula is C15H14BrN3OS2. The molecule has 0 saturated carbocycles. The zero-order chi connectivity index (χ0) is 15.9. The minimum absolute atomic E-state index is 0.0543. The number of thioether (sulfide) groups is 1. The van der Waals surface area contributed by atoms with E-state index in [0.717, 1.165) is 19.9 Å². The van der Waals surface area contributed by atoms with Crippen molar-refractivity contribution in [3.8, 4) is 6.07 Å². The summed E-state index contributed by atoms with van der Waals surface area (Å²) in [5.74, 6) is 0.333. The summed E-state index contributed by atoms with van der Waals surface area (Å²) in [6, 6.07) is 9.97. The molecule has 1 amide bonds. The van der Waals surface area contributed by atoms with E-state index < -0.39 is 0 Å². The zero-order valence-corrected chi connectivity index (χ0v) is 15.1. The first-order chi connectivity index (χ1) is 10.6. The van der Waals surface area contributed by atoms with Gasteiger partial charge in [0.2, 0.25) is 5.91 Å². The maximum absolute atomic E-state index is 12.0. The molecule has 0 aliphatic heterocycles. The molecule has 0 fully saturated rings. The normalized spacial score (nSPS) is 10.2. The number of nitrogens with zero attached hydrogens (tertiary/aromatic N) is 2. The average Bonchev–Trinajstić information content (AvgIpc) is 2.84. The van der Waals surface area contributed by atoms with Gasteiger partial charge in [-0.1, -0.05) is 57.2 Å². The quantitative estimate of drug-likeness (QED) is 0.735. The highest BCUT2D eigenvalue weighted by molar-refractivity contribution is 9.10. The Balaban J connectivity index is 1.90. The van der Waals surface area contributed by atoms with Crippen molar-refractivity contribution in [2.24, 2.45) is 0 Å². The van der Waals surface area contributed by atoms with Crippen LogP contribution in [0.1, 0.15) is 17.7 Å². The maximum Gasteiger partial charge on any atom is 0.226 e. The first-order valence-corrected chi connectivity index (χ1v) is 9.20. The Morgan fingerprint density at radius 2 is 2.27 bits per heavy atom. The summed E-state index contributed by atoms with van der Waals surface area (Å²) in [5, 5.41) is 12.0. The standard InChI is InChI=1S/C15H14BrN3OS2/c1-10-14(21-9-8-17)22-15(18-10)19-13(20)7-6-11-4-2-3-5-12(11)16/h2-5H,6-7,9H2,1H3,(H,18,19,20). The summed E-state index contributed by atoms with van der Waals surface area (Å²) in [6.45, 7) is 1.88. The highest BCUT2D eigenvalue weighted by atomic mass is 79.9. The van der Waals surface area contributed by atoms with E-state index in [1.165, 1.54) is 23.1 Å². The molecule has 1 aromatic heterocycles. The number of hydrogen-bond donors (Lipinski definition) is 1. The summed E-state index contributed by atoms with van der Waals surface area (Å²) in [4.78, 5) is 16.3.